The van der Waals surface area contributed by atoms with Crippen molar-refractivity contribution in [1.29, 1.82) is 0 Å². The number of hydrogen-bond donors (Lipinski definition) is 1. The van der Waals surface area contributed by atoms with E-state index in [1.165, 1.54) is 16.9 Å². The average Bonchev–Trinajstić information content (AvgIpc) is 2.86. The van der Waals surface area contributed by atoms with Crippen molar-refractivity contribution in [3.05, 3.63) is 55.9 Å². The number of aromatic amines is 1. The first-order valence-corrected chi connectivity index (χ1v) is 8.93. The van der Waals surface area contributed by atoms with E-state index in [0.717, 1.165) is 0 Å². The topological polar surface area (TPSA) is 54.9 Å². The van der Waals surface area contributed by atoms with Crippen LogP contribution in [0.15, 0.2) is 33.7 Å². The van der Waals surface area contributed by atoms with Crippen molar-refractivity contribution in [1.82, 2.24) is 9.78 Å². The first kappa shape index (κ1) is 18.9. The fourth-order valence-electron chi connectivity index (χ4n) is 2.13. The summed E-state index contributed by atoms with van der Waals surface area (Å²) in [6.45, 7) is 2.14. The largest absolute Gasteiger partial charge is 0.397 e. The zero-order valence-electron chi connectivity index (χ0n) is 12.6. The summed E-state index contributed by atoms with van der Waals surface area (Å²) in [4.78, 5) is 24.7. The fraction of sp³-hybridized carbons (Fsp3) is 0.333. The lowest BCUT2D eigenvalue weighted by Gasteiger charge is -2.10. The number of aryl methyl sites for hydroxylation is 1. The number of carbonyl (C=O) groups excluding carboxylic acids is 1. The molecule has 0 spiro atoms. The van der Waals surface area contributed by atoms with E-state index >= 15 is 0 Å². The Hall–Kier alpha value is -1.48. The maximum atomic E-state index is 12.6. The van der Waals surface area contributed by atoms with Crippen LogP contribution in [0.5, 0.6) is 0 Å². The van der Waals surface area contributed by atoms with Crippen molar-refractivity contribution in [2.24, 2.45) is 0 Å². The van der Waals surface area contributed by atoms with Crippen molar-refractivity contribution >= 4 is 33.5 Å². The molecular formula is C15H14BrF3N2O2S. The molecule has 1 heterocycles. The summed E-state index contributed by atoms with van der Waals surface area (Å²) >= 11 is 3.92. The van der Waals surface area contributed by atoms with Gasteiger partial charge in [-0.25, -0.2) is 0 Å². The number of H-pyrrole nitrogens is 1. The number of benzene rings is 1. The summed E-state index contributed by atoms with van der Waals surface area (Å²) in [5.74, 6) is -1.48. The number of halogens is 4. The highest BCUT2D eigenvalue weighted by Crippen LogP contribution is 2.27. The van der Waals surface area contributed by atoms with Crippen molar-refractivity contribution in [3.8, 4) is 0 Å². The Morgan fingerprint density at radius 1 is 1.33 bits per heavy atom. The van der Waals surface area contributed by atoms with Gasteiger partial charge in [0.25, 0.3) is 5.56 Å². The van der Waals surface area contributed by atoms with Crippen LogP contribution >= 0.6 is 27.7 Å². The number of ketones is 1. The SMILES string of the molecule is CCn1[nH]cc(C(=O)c2ccc(Br)cc2CSCC(F)(F)F)c1=O. The van der Waals surface area contributed by atoms with Gasteiger partial charge in [-0.3, -0.25) is 14.3 Å². The smallest absolute Gasteiger partial charge is 0.302 e. The summed E-state index contributed by atoms with van der Waals surface area (Å²) in [6, 6.07) is 4.73. The summed E-state index contributed by atoms with van der Waals surface area (Å²) in [5.41, 5.74) is 0.208. The van der Waals surface area contributed by atoms with Gasteiger partial charge >= 0.3 is 6.18 Å². The third-order valence-corrected chi connectivity index (χ3v) is 4.78. The van der Waals surface area contributed by atoms with Gasteiger partial charge in [0.05, 0.1) is 5.75 Å². The van der Waals surface area contributed by atoms with Crippen LogP contribution < -0.4 is 5.56 Å². The van der Waals surface area contributed by atoms with Crippen molar-refractivity contribution in [2.45, 2.75) is 25.4 Å². The number of thioether (sulfide) groups is 1. The van der Waals surface area contributed by atoms with E-state index < -0.39 is 23.3 Å². The van der Waals surface area contributed by atoms with Crippen LogP contribution in [-0.2, 0) is 12.3 Å². The second-order valence-corrected chi connectivity index (χ2v) is 6.88. The molecule has 1 N–H and O–H groups in total. The van der Waals surface area contributed by atoms with Crippen molar-refractivity contribution in [3.63, 3.8) is 0 Å². The lowest BCUT2D eigenvalue weighted by molar-refractivity contribution is -0.105. The molecule has 0 radical (unpaired) electrons. The molecule has 0 saturated carbocycles. The van der Waals surface area contributed by atoms with E-state index in [1.807, 2.05) is 0 Å². The Morgan fingerprint density at radius 2 is 2.04 bits per heavy atom. The molecule has 4 nitrogen and oxygen atoms in total. The van der Waals surface area contributed by atoms with Crippen LogP contribution in [-0.4, -0.2) is 27.5 Å². The van der Waals surface area contributed by atoms with Crippen LogP contribution in [0, 0.1) is 0 Å². The first-order valence-electron chi connectivity index (χ1n) is 6.98. The lowest BCUT2D eigenvalue weighted by atomic mass is 10.0. The summed E-state index contributed by atoms with van der Waals surface area (Å²) in [5, 5.41) is 2.69. The number of rotatable bonds is 6. The van der Waals surface area contributed by atoms with Gasteiger partial charge in [-0.2, -0.15) is 13.2 Å². The molecule has 9 heteroatoms. The molecule has 2 aromatic rings. The quantitative estimate of drug-likeness (QED) is 0.716. The monoisotopic (exact) mass is 422 g/mol. The molecule has 0 unspecified atom stereocenters. The molecule has 0 aliphatic rings. The minimum absolute atomic E-state index is 0.0203. The van der Waals surface area contributed by atoms with Crippen LogP contribution in [0.4, 0.5) is 13.2 Å². The number of nitrogens with zero attached hydrogens (tertiary/aromatic N) is 1. The zero-order chi connectivity index (χ0) is 17.9. The van der Waals surface area contributed by atoms with Gasteiger partial charge in [0, 0.05) is 28.5 Å². The standard InChI is InChI=1S/C15H14BrF3N2O2S/c1-2-21-14(23)12(6-20-21)13(22)11-4-3-10(16)5-9(11)7-24-8-15(17,18)19/h3-6,20H,2,7-8H2,1H3. The highest BCUT2D eigenvalue weighted by Gasteiger charge is 2.27. The van der Waals surface area contributed by atoms with E-state index in [2.05, 4.69) is 21.0 Å². The normalized spacial score (nSPS) is 11.7. The molecule has 0 bridgehead atoms. The number of carbonyl (C=O) groups is 1. The molecule has 0 fully saturated rings. The number of aromatic nitrogens is 2. The molecule has 130 valence electrons. The van der Waals surface area contributed by atoms with E-state index in [1.54, 1.807) is 19.1 Å². The Labute approximate surface area is 148 Å². The Morgan fingerprint density at radius 3 is 2.62 bits per heavy atom. The molecule has 0 atom stereocenters. The van der Waals surface area contributed by atoms with Gasteiger partial charge < -0.3 is 5.10 Å². The van der Waals surface area contributed by atoms with Crippen LogP contribution in [0.3, 0.4) is 0 Å². The summed E-state index contributed by atoms with van der Waals surface area (Å²) in [7, 11) is 0. The molecule has 1 aromatic carbocycles. The number of alkyl halides is 3. The van der Waals surface area contributed by atoms with Gasteiger partial charge in [0.1, 0.15) is 5.56 Å². The van der Waals surface area contributed by atoms with Crippen molar-refractivity contribution in [2.75, 3.05) is 5.75 Å². The van der Waals surface area contributed by atoms with E-state index in [9.17, 15) is 22.8 Å². The molecule has 0 saturated heterocycles. The Kier molecular flexibility index (Phi) is 5.97. The van der Waals surface area contributed by atoms with Crippen molar-refractivity contribution < 1.29 is 18.0 Å². The van der Waals surface area contributed by atoms with E-state index in [-0.39, 0.29) is 16.9 Å². The third-order valence-electron chi connectivity index (χ3n) is 3.24. The first-order chi connectivity index (χ1) is 11.2. The predicted molar refractivity (Wildman–Crippen MR) is 90.5 cm³/mol. The predicted octanol–water partition coefficient (Wildman–Crippen LogP) is 3.99. The number of hydrogen-bond acceptors (Lipinski definition) is 3. The molecule has 1 aromatic heterocycles. The maximum Gasteiger partial charge on any atom is 0.397 e. The minimum Gasteiger partial charge on any atom is -0.302 e. The number of nitrogens with one attached hydrogen (secondary N) is 1. The molecular weight excluding hydrogens is 409 g/mol. The molecule has 24 heavy (non-hydrogen) atoms. The van der Waals surface area contributed by atoms with E-state index in [4.69, 9.17) is 0 Å². The minimum atomic E-state index is -4.27. The highest BCUT2D eigenvalue weighted by atomic mass is 79.9. The summed E-state index contributed by atoms with van der Waals surface area (Å²) in [6.07, 6.45) is -2.95. The lowest BCUT2D eigenvalue weighted by Crippen LogP contribution is -2.21. The zero-order valence-corrected chi connectivity index (χ0v) is 15.0. The molecule has 0 aliphatic carbocycles. The van der Waals surface area contributed by atoms with Crippen LogP contribution in [0.1, 0.15) is 28.4 Å². The van der Waals surface area contributed by atoms with Gasteiger partial charge in [0.15, 0.2) is 5.78 Å². The average molecular weight is 423 g/mol. The second kappa shape index (κ2) is 7.60. The Bertz CT molecular complexity index is 799. The van der Waals surface area contributed by atoms with Gasteiger partial charge in [-0.1, -0.05) is 15.9 Å². The molecule has 0 aliphatic heterocycles. The second-order valence-electron chi connectivity index (χ2n) is 4.98. The van der Waals surface area contributed by atoms with E-state index in [0.29, 0.717) is 28.3 Å². The third kappa shape index (κ3) is 4.54. The summed E-state index contributed by atoms with van der Waals surface area (Å²) < 4.78 is 38.9. The van der Waals surface area contributed by atoms with Crippen LogP contribution in [0.25, 0.3) is 0 Å². The molecule has 0 amide bonds. The Balaban J connectivity index is 2.30. The maximum absolute atomic E-state index is 12.6. The van der Waals surface area contributed by atoms with Gasteiger partial charge in [-0.05, 0) is 30.7 Å². The fourth-order valence-corrected chi connectivity index (χ4v) is 3.33. The van der Waals surface area contributed by atoms with Crippen LogP contribution in [0.2, 0.25) is 0 Å². The molecule has 2 rings (SSSR count). The van der Waals surface area contributed by atoms with Gasteiger partial charge in [-0.15, -0.1) is 11.8 Å². The highest BCUT2D eigenvalue weighted by molar-refractivity contribution is 9.10. The van der Waals surface area contributed by atoms with Gasteiger partial charge in [0.2, 0.25) is 0 Å².